The Labute approximate surface area is 93.1 Å². The highest BCUT2D eigenvalue weighted by atomic mass is 19.1. The second-order valence-electron chi connectivity index (χ2n) is 3.99. The van der Waals surface area contributed by atoms with Gasteiger partial charge in [-0.25, -0.2) is 4.39 Å². The van der Waals surface area contributed by atoms with Crippen molar-refractivity contribution in [2.75, 3.05) is 5.32 Å². The van der Waals surface area contributed by atoms with E-state index in [0.29, 0.717) is 0 Å². The van der Waals surface area contributed by atoms with E-state index >= 15 is 0 Å². The van der Waals surface area contributed by atoms with E-state index in [4.69, 9.17) is 0 Å². The number of pyridine rings is 1. The van der Waals surface area contributed by atoms with Gasteiger partial charge in [-0.3, -0.25) is 4.98 Å². The fourth-order valence-electron chi connectivity index (χ4n) is 2.12. The van der Waals surface area contributed by atoms with Gasteiger partial charge in [0.05, 0.1) is 12.2 Å². The van der Waals surface area contributed by atoms with Crippen LogP contribution in [-0.4, -0.2) is 4.98 Å². The smallest absolute Gasteiger partial charge is 0.141 e. The maximum Gasteiger partial charge on any atom is 0.141 e. The molecule has 0 spiro atoms. The summed E-state index contributed by atoms with van der Waals surface area (Å²) in [5.74, 6) is -0.282. The average Bonchev–Trinajstić information content (AvgIpc) is 2.72. The first-order chi connectivity index (χ1) is 7.83. The Morgan fingerprint density at radius 3 is 2.94 bits per heavy atom. The van der Waals surface area contributed by atoms with E-state index in [1.54, 1.807) is 6.20 Å². The van der Waals surface area contributed by atoms with Gasteiger partial charge in [-0.05, 0) is 29.7 Å². The van der Waals surface area contributed by atoms with Crippen molar-refractivity contribution in [1.29, 1.82) is 0 Å². The lowest BCUT2D eigenvalue weighted by Crippen LogP contribution is -2.06. The van der Waals surface area contributed by atoms with Gasteiger partial charge >= 0.3 is 0 Å². The van der Waals surface area contributed by atoms with Crippen LogP contribution in [0.2, 0.25) is 0 Å². The maximum absolute atomic E-state index is 13.1. The zero-order chi connectivity index (χ0) is 11.0. The van der Waals surface area contributed by atoms with E-state index in [2.05, 4.69) is 16.4 Å². The summed E-state index contributed by atoms with van der Waals surface area (Å²) in [6.45, 7) is 0. The fourth-order valence-corrected chi connectivity index (χ4v) is 2.12. The Bertz CT molecular complexity index is 500. The Kier molecular flexibility index (Phi) is 2.10. The minimum Gasteiger partial charge on any atom is -0.378 e. The highest BCUT2D eigenvalue weighted by Crippen LogP contribution is 2.33. The third-order valence-corrected chi connectivity index (χ3v) is 2.90. The highest BCUT2D eigenvalue weighted by Gasteiger charge is 2.21. The van der Waals surface area contributed by atoms with Gasteiger partial charge in [0.2, 0.25) is 0 Å². The highest BCUT2D eigenvalue weighted by molar-refractivity contribution is 5.57. The summed E-state index contributed by atoms with van der Waals surface area (Å²) >= 11 is 0. The Morgan fingerprint density at radius 2 is 2.12 bits per heavy atom. The van der Waals surface area contributed by atoms with Crippen LogP contribution in [0.4, 0.5) is 10.1 Å². The predicted octanol–water partition coefficient (Wildman–Crippen LogP) is 2.93. The molecule has 0 aliphatic carbocycles. The van der Waals surface area contributed by atoms with E-state index in [1.807, 2.05) is 18.2 Å². The summed E-state index contributed by atoms with van der Waals surface area (Å²) < 4.78 is 13.1. The molecule has 16 heavy (non-hydrogen) atoms. The lowest BCUT2D eigenvalue weighted by Gasteiger charge is -2.10. The third-order valence-electron chi connectivity index (χ3n) is 2.90. The molecule has 1 N–H and O–H groups in total. The van der Waals surface area contributed by atoms with Gasteiger partial charge in [-0.1, -0.05) is 18.2 Å². The summed E-state index contributed by atoms with van der Waals surface area (Å²) in [5.41, 5.74) is 3.31. The van der Waals surface area contributed by atoms with Gasteiger partial charge in [-0.15, -0.1) is 0 Å². The topological polar surface area (TPSA) is 24.9 Å². The van der Waals surface area contributed by atoms with Crippen molar-refractivity contribution in [2.45, 2.75) is 12.5 Å². The van der Waals surface area contributed by atoms with E-state index in [9.17, 15) is 4.39 Å². The first-order valence-electron chi connectivity index (χ1n) is 5.28. The standard InChI is InChI=1S/C13H11FN2/c14-11-5-10(7-15-8-11)13-6-9-3-1-2-4-12(9)16-13/h1-5,7-8,13,16H,6H2. The summed E-state index contributed by atoms with van der Waals surface area (Å²) in [6.07, 6.45) is 3.83. The number of fused-ring (bicyclic) bond motifs is 1. The van der Waals surface area contributed by atoms with Crippen LogP contribution in [0.3, 0.4) is 0 Å². The second kappa shape index (κ2) is 3.59. The number of hydrogen-bond acceptors (Lipinski definition) is 2. The molecular formula is C13H11FN2. The molecule has 0 amide bonds. The van der Waals surface area contributed by atoms with Crippen molar-refractivity contribution in [3.8, 4) is 0 Å². The van der Waals surface area contributed by atoms with Gasteiger partial charge in [-0.2, -0.15) is 0 Å². The van der Waals surface area contributed by atoms with Crippen molar-refractivity contribution < 1.29 is 4.39 Å². The normalized spacial score (nSPS) is 17.9. The van der Waals surface area contributed by atoms with E-state index in [-0.39, 0.29) is 11.9 Å². The Hall–Kier alpha value is -1.90. The van der Waals surface area contributed by atoms with Crippen LogP contribution in [0, 0.1) is 5.82 Å². The number of hydrogen-bond donors (Lipinski definition) is 1. The Balaban J connectivity index is 1.91. The number of halogens is 1. The van der Waals surface area contributed by atoms with E-state index in [1.165, 1.54) is 17.8 Å². The van der Waals surface area contributed by atoms with Crippen LogP contribution >= 0.6 is 0 Å². The number of nitrogens with one attached hydrogen (secondary N) is 1. The average molecular weight is 214 g/mol. The van der Waals surface area contributed by atoms with Crippen LogP contribution in [0.1, 0.15) is 17.2 Å². The molecule has 1 aliphatic heterocycles. The minimum absolute atomic E-state index is 0.139. The molecule has 1 atom stereocenters. The molecule has 0 fully saturated rings. The molecule has 0 saturated carbocycles. The first kappa shape index (κ1) is 9.33. The molecule has 2 aromatic rings. The molecule has 0 radical (unpaired) electrons. The van der Waals surface area contributed by atoms with E-state index in [0.717, 1.165) is 17.7 Å². The molecule has 2 heterocycles. The molecule has 1 aromatic heterocycles. The molecular weight excluding hydrogens is 203 g/mol. The van der Waals surface area contributed by atoms with Crippen molar-refractivity contribution in [2.24, 2.45) is 0 Å². The molecule has 0 bridgehead atoms. The SMILES string of the molecule is Fc1cncc(C2Cc3ccccc3N2)c1. The van der Waals surface area contributed by atoms with Crippen LogP contribution in [0.25, 0.3) is 0 Å². The molecule has 80 valence electrons. The van der Waals surface area contributed by atoms with Crippen molar-refractivity contribution in [1.82, 2.24) is 4.98 Å². The van der Waals surface area contributed by atoms with Crippen LogP contribution in [0.5, 0.6) is 0 Å². The number of para-hydroxylation sites is 1. The zero-order valence-corrected chi connectivity index (χ0v) is 8.65. The molecule has 1 unspecified atom stereocenters. The molecule has 3 rings (SSSR count). The van der Waals surface area contributed by atoms with Crippen molar-refractivity contribution in [3.63, 3.8) is 0 Å². The number of aromatic nitrogens is 1. The molecule has 3 heteroatoms. The van der Waals surface area contributed by atoms with Gasteiger partial charge in [0.25, 0.3) is 0 Å². The summed E-state index contributed by atoms with van der Waals surface area (Å²) in [5, 5.41) is 3.37. The van der Waals surface area contributed by atoms with Crippen LogP contribution in [-0.2, 0) is 6.42 Å². The second-order valence-corrected chi connectivity index (χ2v) is 3.99. The monoisotopic (exact) mass is 214 g/mol. The Morgan fingerprint density at radius 1 is 1.25 bits per heavy atom. The fraction of sp³-hybridized carbons (Fsp3) is 0.154. The number of rotatable bonds is 1. The number of anilines is 1. The lowest BCUT2D eigenvalue weighted by molar-refractivity contribution is 0.615. The van der Waals surface area contributed by atoms with Crippen molar-refractivity contribution in [3.05, 3.63) is 59.7 Å². The summed E-state index contributed by atoms with van der Waals surface area (Å²) in [6, 6.07) is 9.83. The quantitative estimate of drug-likeness (QED) is 0.789. The molecule has 1 aliphatic rings. The third kappa shape index (κ3) is 1.54. The number of nitrogens with zero attached hydrogens (tertiary/aromatic N) is 1. The van der Waals surface area contributed by atoms with Crippen LogP contribution in [0.15, 0.2) is 42.7 Å². The number of benzene rings is 1. The maximum atomic E-state index is 13.1. The minimum atomic E-state index is -0.282. The van der Waals surface area contributed by atoms with Gasteiger partial charge in [0.1, 0.15) is 5.82 Å². The zero-order valence-electron chi connectivity index (χ0n) is 8.65. The molecule has 1 aromatic carbocycles. The largest absolute Gasteiger partial charge is 0.378 e. The predicted molar refractivity (Wildman–Crippen MR) is 60.7 cm³/mol. The molecule has 2 nitrogen and oxygen atoms in total. The lowest BCUT2D eigenvalue weighted by atomic mass is 10.0. The summed E-state index contributed by atoms with van der Waals surface area (Å²) in [4.78, 5) is 3.88. The molecule has 0 saturated heterocycles. The van der Waals surface area contributed by atoms with Crippen molar-refractivity contribution >= 4 is 5.69 Å². The summed E-state index contributed by atoms with van der Waals surface area (Å²) in [7, 11) is 0. The van der Waals surface area contributed by atoms with Crippen LogP contribution < -0.4 is 5.32 Å². The van der Waals surface area contributed by atoms with Gasteiger partial charge in [0, 0.05) is 11.9 Å². The van der Waals surface area contributed by atoms with Gasteiger partial charge < -0.3 is 5.32 Å². The van der Waals surface area contributed by atoms with E-state index < -0.39 is 0 Å². The first-order valence-corrected chi connectivity index (χ1v) is 5.28. The van der Waals surface area contributed by atoms with Gasteiger partial charge in [0.15, 0.2) is 0 Å².